The molecule has 0 radical (unpaired) electrons. The van der Waals surface area contributed by atoms with Crippen molar-refractivity contribution in [1.82, 2.24) is 0 Å². The van der Waals surface area contributed by atoms with Crippen LogP contribution in [0.25, 0.3) is 0 Å². The molecule has 4 aliphatic carbocycles. The number of hydrogen-bond donors (Lipinski definition) is 0. The Kier molecular flexibility index (Phi) is 8.62. The molecule has 0 unspecified atom stereocenters. The minimum absolute atomic E-state index is 0.0394. The van der Waals surface area contributed by atoms with Gasteiger partial charge >= 0.3 is 11.9 Å². The number of esters is 2. The number of rotatable bonds is 9. The number of fused-ring (bicyclic) bond motifs is 5. The first-order chi connectivity index (χ1) is 17.1. The van der Waals surface area contributed by atoms with Crippen molar-refractivity contribution in [3.8, 4) is 0 Å². The Labute approximate surface area is 220 Å². The van der Waals surface area contributed by atoms with Crippen molar-refractivity contribution in [2.24, 2.45) is 46.3 Å². The summed E-state index contributed by atoms with van der Waals surface area (Å²) < 4.78 is 10.5. The minimum Gasteiger partial charge on any atom is -0.469 e. The van der Waals surface area contributed by atoms with Crippen LogP contribution in [0.3, 0.4) is 0 Å². The predicted molar refractivity (Wildman–Crippen MR) is 144 cm³/mol. The van der Waals surface area contributed by atoms with Gasteiger partial charge in [0.2, 0.25) is 0 Å². The van der Waals surface area contributed by atoms with Crippen LogP contribution in [-0.2, 0) is 19.1 Å². The van der Waals surface area contributed by atoms with E-state index in [4.69, 9.17) is 4.74 Å². The molecule has 0 N–H and O–H groups in total. The fourth-order valence-electron chi connectivity index (χ4n) is 9.30. The van der Waals surface area contributed by atoms with Gasteiger partial charge < -0.3 is 9.47 Å². The molecule has 204 valence electrons. The molecule has 0 spiro atoms. The highest BCUT2D eigenvalue weighted by molar-refractivity contribution is 5.77. The smallest absolute Gasteiger partial charge is 0.306 e. The first kappa shape index (κ1) is 27.7. The van der Waals surface area contributed by atoms with Crippen molar-refractivity contribution in [2.45, 2.75) is 124 Å². The molecule has 0 aromatic carbocycles. The number of hydrogen-bond acceptors (Lipinski definition) is 4. The summed E-state index contributed by atoms with van der Waals surface area (Å²) >= 11 is 0. The lowest BCUT2D eigenvalue weighted by atomic mass is 9.47. The van der Waals surface area contributed by atoms with Crippen molar-refractivity contribution in [2.75, 3.05) is 7.11 Å². The molecule has 0 saturated heterocycles. The SMILES string of the molecule is COC(=O)CCC(=O)O[C@H]1CC[C@@]2(C)C(=CC[C@@H]3[C@H]4CC[C@@H]([C@@H](C)CCCC(C)C)[C@]4(C)CC[C@H]32)C1. The molecule has 4 rings (SSSR count). The molecule has 8 atom stereocenters. The molecule has 0 aromatic rings. The molecular weight excluding hydrogens is 448 g/mol. The molecule has 4 nitrogen and oxygen atoms in total. The fraction of sp³-hybridized carbons (Fsp3) is 0.875. The van der Waals surface area contributed by atoms with Crippen LogP contribution in [0.1, 0.15) is 118 Å². The van der Waals surface area contributed by atoms with Crippen LogP contribution in [-0.4, -0.2) is 25.2 Å². The zero-order valence-corrected chi connectivity index (χ0v) is 23.9. The number of carbonyl (C=O) groups is 2. The number of allylic oxidation sites excluding steroid dienone is 1. The minimum atomic E-state index is -0.354. The van der Waals surface area contributed by atoms with E-state index in [0.717, 1.165) is 54.8 Å². The van der Waals surface area contributed by atoms with Crippen LogP contribution in [0.4, 0.5) is 0 Å². The number of methoxy groups -OCH3 is 1. The van der Waals surface area contributed by atoms with Gasteiger partial charge in [-0.25, -0.2) is 0 Å². The highest BCUT2D eigenvalue weighted by Gasteiger charge is 2.59. The molecule has 0 aromatic heterocycles. The second-order valence-corrected chi connectivity index (χ2v) is 13.7. The second-order valence-electron chi connectivity index (χ2n) is 13.7. The van der Waals surface area contributed by atoms with Gasteiger partial charge in [-0.2, -0.15) is 0 Å². The molecule has 0 heterocycles. The summed E-state index contributed by atoms with van der Waals surface area (Å²) in [5.41, 5.74) is 2.33. The highest BCUT2D eigenvalue weighted by Crippen LogP contribution is 2.67. The zero-order chi connectivity index (χ0) is 26.1. The van der Waals surface area contributed by atoms with Crippen LogP contribution in [0, 0.1) is 46.3 Å². The summed E-state index contributed by atoms with van der Waals surface area (Å²) in [7, 11) is 1.35. The number of carbonyl (C=O) groups excluding carboxylic acids is 2. The van der Waals surface area contributed by atoms with E-state index in [2.05, 4.69) is 45.4 Å². The lowest BCUT2D eigenvalue weighted by Crippen LogP contribution is -2.51. The maximum Gasteiger partial charge on any atom is 0.306 e. The third-order valence-corrected chi connectivity index (χ3v) is 11.3. The van der Waals surface area contributed by atoms with Crippen molar-refractivity contribution < 1.29 is 19.1 Å². The van der Waals surface area contributed by atoms with E-state index in [9.17, 15) is 9.59 Å². The lowest BCUT2D eigenvalue weighted by Gasteiger charge is -2.58. The van der Waals surface area contributed by atoms with Gasteiger partial charge in [0.05, 0.1) is 20.0 Å². The summed E-state index contributed by atoms with van der Waals surface area (Å²) in [4.78, 5) is 23.7. The molecule has 0 aliphatic heterocycles. The van der Waals surface area contributed by atoms with Crippen molar-refractivity contribution in [3.63, 3.8) is 0 Å². The van der Waals surface area contributed by atoms with Gasteiger partial charge in [0, 0.05) is 6.42 Å². The van der Waals surface area contributed by atoms with Crippen LogP contribution in [0.5, 0.6) is 0 Å². The third-order valence-electron chi connectivity index (χ3n) is 11.3. The molecule has 3 fully saturated rings. The quantitative estimate of drug-likeness (QED) is 0.238. The Morgan fingerprint density at radius 2 is 1.72 bits per heavy atom. The Morgan fingerprint density at radius 1 is 0.972 bits per heavy atom. The van der Waals surface area contributed by atoms with Crippen LogP contribution >= 0.6 is 0 Å². The molecular formula is C32H52O4. The standard InChI is InChI=1S/C32H52O4/c1-21(2)8-7-9-22(3)26-12-13-27-25-11-10-23-20-24(36-30(34)15-14-29(33)35-6)16-18-31(23,4)28(25)17-19-32(26,27)5/h10,21-22,24-28H,7-9,11-20H2,1-6H3/t22-,24-,25+,26-,27+,28+,31-,32-/m0/s1. The molecule has 4 heteroatoms. The van der Waals surface area contributed by atoms with Gasteiger partial charge in [0.1, 0.15) is 6.10 Å². The largest absolute Gasteiger partial charge is 0.469 e. The van der Waals surface area contributed by atoms with Gasteiger partial charge in [-0.1, -0.05) is 65.5 Å². The van der Waals surface area contributed by atoms with E-state index >= 15 is 0 Å². The van der Waals surface area contributed by atoms with E-state index in [-0.39, 0.29) is 36.3 Å². The van der Waals surface area contributed by atoms with E-state index < -0.39 is 0 Å². The lowest BCUT2D eigenvalue weighted by molar-refractivity contribution is -0.154. The molecule has 3 saturated carbocycles. The van der Waals surface area contributed by atoms with E-state index in [0.29, 0.717) is 5.41 Å². The fourth-order valence-corrected chi connectivity index (χ4v) is 9.30. The van der Waals surface area contributed by atoms with Crippen molar-refractivity contribution in [1.29, 1.82) is 0 Å². The summed E-state index contributed by atoms with van der Waals surface area (Å²) in [6.45, 7) is 12.4. The van der Waals surface area contributed by atoms with E-state index in [1.807, 2.05) is 0 Å². The van der Waals surface area contributed by atoms with Crippen LogP contribution < -0.4 is 0 Å². The first-order valence-electron chi connectivity index (χ1n) is 15.0. The third kappa shape index (κ3) is 5.44. The van der Waals surface area contributed by atoms with Crippen molar-refractivity contribution in [3.05, 3.63) is 11.6 Å². The van der Waals surface area contributed by atoms with Gasteiger partial charge in [0.15, 0.2) is 0 Å². The van der Waals surface area contributed by atoms with Gasteiger partial charge in [-0.15, -0.1) is 0 Å². The Hall–Kier alpha value is -1.32. The zero-order valence-electron chi connectivity index (χ0n) is 23.9. The van der Waals surface area contributed by atoms with E-state index in [1.165, 1.54) is 58.5 Å². The van der Waals surface area contributed by atoms with Gasteiger partial charge in [-0.05, 0) is 91.3 Å². The summed E-state index contributed by atoms with van der Waals surface area (Å²) in [5, 5.41) is 0. The summed E-state index contributed by atoms with van der Waals surface area (Å²) in [6, 6.07) is 0. The van der Waals surface area contributed by atoms with Crippen LogP contribution in [0.15, 0.2) is 11.6 Å². The maximum absolute atomic E-state index is 12.3. The molecule has 4 aliphatic rings. The molecule has 0 bridgehead atoms. The summed E-state index contributed by atoms with van der Waals surface area (Å²) in [5.74, 6) is 4.42. The normalized spacial score (nSPS) is 38.4. The average molecular weight is 501 g/mol. The molecule has 36 heavy (non-hydrogen) atoms. The maximum atomic E-state index is 12.3. The molecule has 0 amide bonds. The monoisotopic (exact) mass is 500 g/mol. The Balaban J connectivity index is 1.38. The predicted octanol–water partition coefficient (Wildman–Crippen LogP) is 7.89. The van der Waals surface area contributed by atoms with Crippen molar-refractivity contribution >= 4 is 11.9 Å². The van der Waals surface area contributed by atoms with Gasteiger partial charge in [0.25, 0.3) is 0 Å². The topological polar surface area (TPSA) is 52.6 Å². The summed E-state index contributed by atoms with van der Waals surface area (Å²) in [6.07, 6.45) is 16.7. The Morgan fingerprint density at radius 3 is 2.44 bits per heavy atom. The highest BCUT2D eigenvalue weighted by atomic mass is 16.5. The second kappa shape index (κ2) is 11.2. The van der Waals surface area contributed by atoms with Crippen LogP contribution in [0.2, 0.25) is 0 Å². The van der Waals surface area contributed by atoms with Gasteiger partial charge in [-0.3, -0.25) is 9.59 Å². The average Bonchev–Trinajstić information content (AvgIpc) is 3.19. The van der Waals surface area contributed by atoms with E-state index in [1.54, 1.807) is 5.57 Å². The Bertz CT molecular complexity index is 830. The number of ether oxygens (including phenoxy) is 2. The first-order valence-corrected chi connectivity index (χ1v) is 15.0.